The van der Waals surface area contributed by atoms with Gasteiger partial charge in [-0.1, -0.05) is 41.6 Å². The first-order valence-corrected chi connectivity index (χ1v) is 7.65. The molecule has 4 nitrogen and oxygen atoms in total. The number of aromatic nitrogens is 3. The average molecular weight is 318 g/mol. The van der Waals surface area contributed by atoms with Crippen LogP contribution in [0.3, 0.4) is 0 Å². The van der Waals surface area contributed by atoms with Gasteiger partial charge in [0.25, 0.3) is 5.22 Å². The van der Waals surface area contributed by atoms with Gasteiger partial charge in [0.1, 0.15) is 0 Å². The van der Waals surface area contributed by atoms with Crippen LogP contribution in [0.5, 0.6) is 0 Å². The highest BCUT2D eigenvalue weighted by Crippen LogP contribution is 2.35. The lowest BCUT2D eigenvalue weighted by Crippen LogP contribution is -1.88. The van der Waals surface area contributed by atoms with Crippen molar-refractivity contribution >= 4 is 23.4 Å². The van der Waals surface area contributed by atoms with E-state index in [9.17, 15) is 0 Å². The topological polar surface area (TPSA) is 51.8 Å². The number of rotatable bonds is 4. The van der Waals surface area contributed by atoms with E-state index in [-0.39, 0.29) is 5.25 Å². The first-order chi connectivity index (χ1) is 10.2. The lowest BCUT2D eigenvalue weighted by molar-refractivity contribution is 0.465. The van der Waals surface area contributed by atoms with Gasteiger partial charge in [-0.15, -0.1) is 10.2 Å². The Morgan fingerprint density at radius 2 is 2.00 bits per heavy atom. The van der Waals surface area contributed by atoms with Crippen LogP contribution in [0.4, 0.5) is 0 Å². The summed E-state index contributed by atoms with van der Waals surface area (Å²) in [6.07, 6.45) is 3.59. The minimum absolute atomic E-state index is 0.179. The summed E-state index contributed by atoms with van der Waals surface area (Å²) >= 11 is 7.62. The van der Waals surface area contributed by atoms with Crippen LogP contribution < -0.4 is 0 Å². The molecule has 0 amide bonds. The van der Waals surface area contributed by atoms with Crippen LogP contribution in [0.1, 0.15) is 17.7 Å². The standard InChI is InChI=1S/C15H12ClN3OS/c1-10(11-5-4-8-17-9-11)21-15-19-18-14(20-15)12-6-2-3-7-13(12)16/h2-10H,1H3/t10-/m0/s1. The van der Waals surface area contributed by atoms with Crippen molar-refractivity contribution in [1.82, 2.24) is 15.2 Å². The van der Waals surface area contributed by atoms with Crippen molar-refractivity contribution < 1.29 is 4.42 Å². The third kappa shape index (κ3) is 3.25. The summed E-state index contributed by atoms with van der Waals surface area (Å²) in [4.78, 5) is 4.11. The number of benzene rings is 1. The maximum absolute atomic E-state index is 6.13. The molecule has 6 heteroatoms. The highest BCUT2D eigenvalue weighted by Gasteiger charge is 2.15. The van der Waals surface area contributed by atoms with Gasteiger partial charge in [0.2, 0.25) is 5.89 Å². The molecule has 2 heterocycles. The maximum Gasteiger partial charge on any atom is 0.277 e. The van der Waals surface area contributed by atoms with Crippen LogP contribution in [0.15, 0.2) is 58.4 Å². The summed E-state index contributed by atoms with van der Waals surface area (Å²) < 4.78 is 5.68. The Hall–Kier alpha value is -1.85. The quantitative estimate of drug-likeness (QED) is 0.656. The number of hydrogen-bond donors (Lipinski definition) is 0. The van der Waals surface area contributed by atoms with Gasteiger partial charge in [-0.25, -0.2) is 0 Å². The Bertz CT molecular complexity index is 733. The van der Waals surface area contributed by atoms with Crippen LogP contribution in [-0.2, 0) is 0 Å². The molecule has 0 spiro atoms. The number of pyridine rings is 1. The van der Waals surface area contributed by atoms with Gasteiger partial charge < -0.3 is 4.42 Å². The van der Waals surface area contributed by atoms with E-state index in [1.165, 1.54) is 11.8 Å². The number of hydrogen-bond acceptors (Lipinski definition) is 5. The largest absolute Gasteiger partial charge is 0.411 e. The van der Waals surface area contributed by atoms with Crippen molar-refractivity contribution in [3.05, 3.63) is 59.4 Å². The van der Waals surface area contributed by atoms with E-state index in [0.717, 1.165) is 11.1 Å². The van der Waals surface area contributed by atoms with Crippen LogP contribution in [0, 0.1) is 0 Å². The Labute approximate surface area is 131 Å². The Morgan fingerprint density at radius 3 is 2.76 bits per heavy atom. The van der Waals surface area contributed by atoms with Gasteiger partial charge in [0.05, 0.1) is 10.6 Å². The first kappa shape index (κ1) is 14.1. The van der Waals surface area contributed by atoms with E-state index in [1.807, 2.05) is 36.5 Å². The van der Waals surface area contributed by atoms with Gasteiger partial charge >= 0.3 is 0 Å². The molecule has 0 aliphatic heterocycles. The van der Waals surface area contributed by atoms with Crippen molar-refractivity contribution in [2.45, 2.75) is 17.4 Å². The molecule has 2 aromatic heterocycles. The van der Waals surface area contributed by atoms with Gasteiger partial charge in [0.15, 0.2) is 0 Å². The van der Waals surface area contributed by atoms with E-state index in [2.05, 4.69) is 22.1 Å². The van der Waals surface area contributed by atoms with Crippen LogP contribution >= 0.6 is 23.4 Å². The number of thioether (sulfide) groups is 1. The molecule has 3 rings (SSSR count). The highest BCUT2D eigenvalue weighted by molar-refractivity contribution is 7.99. The molecule has 0 aliphatic rings. The zero-order valence-corrected chi connectivity index (χ0v) is 12.8. The van der Waals surface area contributed by atoms with Crippen molar-refractivity contribution in [3.8, 4) is 11.5 Å². The molecule has 1 aromatic carbocycles. The molecule has 0 unspecified atom stereocenters. The zero-order chi connectivity index (χ0) is 14.7. The zero-order valence-electron chi connectivity index (χ0n) is 11.2. The minimum Gasteiger partial charge on any atom is -0.411 e. The molecule has 0 bridgehead atoms. The van der Waals surface area contributed by atoms with Crippen LogP contribution in [0.2, 0.25) is 5.02 Å². The smallest absolute Gasteiger partial charge is 0.277 e. The second kappa shape index (κ2) is 6.28. The SMILES string of the molecule is C[C@H](Sc1nnc(-c2ccccc2Cl)o1)c1cccnc1. The predicted molar refractivity (Wildman–Crippen MR) is 83.3 cm³/mol. The lowest BCUT2D eigenvalue weighted by Gasteiger charge is -2.07. The summed E-state index contributed by atoms with van der Waals surface area (Å²) in [7, 11) is 0. The molecular formula is C15H12ClN3OS. The van der Waals surface area contributed by atoms with Crippen LogP contribution in [-0.4, -0.2) is 15.2 Å². The van der Waals surface area contributed by atoms with Gasteiger partial charge in [-0.3, -0.25) is 4.98 Å². The van der Waals surface area contributed by atoms with Crippen LogP contribution in [0.25, 0.3) is 11.5 Å². The second-order valence-corrected chi connectivity index (χ2v) is 6.10. The van der Waals surface area contributed by atoms with Gasteiger partial charge in [-0.2, -0.15) is 0 Å². The maximum atomic E-state index is 6.13. The van der Waals surface area contributed by atoms with E-state index in [1.54, 1.807) is 12.3 Å². The summed E-state index contributed by atoms with van der Waals surface area (Å²) in [5, 5.41) is 9.41. The van der Waals surface area contributed by atoms with Crippen molar-refractivity contribution in [2.24, 2.45) is 0 Å². The summed E-state index contributed by atoms with van der Waals surface area (Å²) in [6, 6.07) is 11.3. The Balaban J connectivity index is 1.78. The predicted octanol–water partition coefficient (Wildman–Crippen LogP) is 4.64. The van der Waals surface area contributed by atoms with E-state index >= 15 is 0 Å². The normalized spacial score (nSPS) is 12.3. The summed E-state index contributed by atoms with van der Waals surface area (Å²) in [6.45, 7) is 2.07. The van der Waals surface area contributed by atoms with E-state index in [0.29, 0.717) is 16.1 Å². The average Bonchev–Trinajstić information content (AvgIpc) is 2.97. The third-order valence-corrected chi connectivity index (χ3v) is 4.26. The fraction of sp³-hybridized carbons (Fsp3) is 0.133. The third-order valence-electron chi connectivity index (χ3n) is 2.94. The molecule has 106 valence electrons. The number of nitrogens with zero attached hydrogens (tertiary/aromatic N) is 3. The first-order valence-electron chi connectivity index (χ1n) is 6.39. The van der Waals surface area contributed by atoms with Gasteiger partial charge in [-0.05, 0) is 30.7 Å². The molecule has 0 saturated heterocycles. The molecule has 1 atom stereocenters. The number of halogens is 1. The molecule has 0 saturated carbocycles. The summed E-state index contributed by atoms with van der Waals surface area (Å²) in [5.74, 6) is 0.432. The lowest BCUT2D eigenvalue weighted by atomic mass is 10.2. The van der Waals surface area contributed by atoms with Crippen molar-refractivity contribution in [3.63, 3.8) is 0 Å². The Morgan fingerprint density at radius 1 is 1.14 bits per heavy atom. The summed E-state index contributed by atoms with van der Waals surface area (Å²) in [5.41, 5.74) is 1.85. The van der Waals surface area contributed by atoms with Gasteiger partial charge in [0, 0.05) is 17.6 Å². The molecule has 3 aromatic rings. The highest BCUT2D eigenvalue weighted by atomic mass is 35.5. The van der Waals surface area contributed by atoms with Crippen molar-refractivity contribution in [2.75, 3.05) is 0 Å². The van der Waals surface area contributed by atoms with E-state index in [4.69, 9.17) is 16.0 Å². The Kier molecular flexibility index (Phi) is 4.22. The fourth-order valence-electron chi connectivity index (χ4n) is 1.84. The molecule has 0 fully saturated rings. The fourth-order valence-corrected chi connectivity index (χ4v) is 2.85. The molecule has 0 aliphatic carbocycles. The van der Waals surface area contributed by atoms with E-state index < -0.39 is 0 Å². The second-order valence-electron chi connectivity index (χ2n) is 4.40. The monoisotopic (exact) mass is 317 g/mol. The molecule has 21 heavy (non-hydrogen) atoms. The molecule has 0 N–H and O–H groups in total. The molecule has 0 radical (unpaired) electrons. The minimum atomic E-state index is 0.179. The molecular weight excluding hydrogens is 306 g/mol. The van der Waals surface area contributed by atoms with Crippen molar-refractivity contribution in [1.29, 1.82) is 0 Å².